The smallest absolute Gasteiger partial charge is 0.320 e. The van der Waals surface area contributed by atoms with Crippen molar-refractivity contribution in [1.82, 2.24) is 5.32 Å². The third kappa shape index (κ3) is 3.03. The van der Waals surface area contributed by atoms with Crippen molar-refractivity contribution < 1.29 is 19.0 Å². The van der Waals surface area contributed by atoms with E-state index in [4.69, 9.17) is 14.2 Å². The Morgan fingerprint density at radius 3 is 2.90 bits per heavy atom. The average molecular weight is 306 g/mol. The van der Waals surface area contributed by atoms with Crippen molar-refractivity contribution in [2.24, 2.45) is 0 Å². The zero-order chi connectivity index (χ0) is 14.7. The number of carbonyl (C=O) groups is 1. The van der Waals surface area contributed by atoms with Crippen LogP contribution in [0.5, 0.6) is 17.2 Å². The second-order valence-corrected chi connectivity index (χ2v) is 5.25. The lowest BCUT2D eigenvalue weighted by molar-refractivity contribution is 0.174. The molecular formula is C14H14N2O4S. The van der Waals surface area contributed by atoms with Gasteiger partial charge in [0.15, 0.2) is 11.5 Å². The largest absolute Gasteiger partial charge is 0.496 e. The molecule has 2 aromatic rings. The molecule has 0 atom stereocenters. The van der Waals surface area contributed by atoms with Crippen LogP contribution in [-0.2, 0) is 6.54 Å². The number of thiophene rings is 1. The number of hydrogen-bond acceptors (Lipinski definition) is 5. The Morgan fingerprint density at radius 2 is 2.19 bits per heavy atom. The van der Waals surface area contributed by atoms with Gasteiger partial charge in [-0.15, -0.1) is 11.3 Å². The minimum atomic E-state index is -0.267. The van der Waals surface area contributed by atoms with Gasteiger partial charge in [0.1, 0.15) is 5.75 Å². The van der Waals surface area contributed by atoms with Crippen molar-refractivity contribution in [2.75, 3.05) is 19.2 Å². The Labute approximate surface area is 125 Å². The average Bonchev–Trinajstić information content (AvgIpc) is 3.14. The van der Waals surface area contributed by atoms with Crippen LogP contribution in [-0.4, -0.2) is 19.9 Å². The molecule has 2 amide bonds. The molecule has 6 nitrogen and oxygen atoms in total. The fourth-order valence-electron chi connectivity index (χ4n) is 1.97. The molecule has 0 fully saturated rings. The zero-order valence-electron chi connectivity index (χ0n) is 11.3. The van der Waals surface area contributed by atoms with E-state index in [0.717, 1.165) is 10.6 Å². The molecule has 0 saturated carbocycles. The predicted octanol–water partition coefficient (Wildman–Crippen LogP) is 2.81. The van der Waals surface area contributed by atoms with Crippen molar-refractivity contribution in [3.05, 3.63) is 35.2 Å². The maximum absolute atomic E-state index is 11.8. The summed E-state index contributed by atoms with van der Waals surface area (Å²) in [7, 11) is 1.58. The molecule has 1 aliphatic heterocycles. The molecule has 3 rings (SSSR count). The fourth-order valence-corrected chi connectivity index (χ4v) is 2.59. The van der Waals surface area contributed by atoms with E-state index < -0.39 is 0 Å². The van der Waals surface area contributed by atoms with E-state index in [1.807, 2.05) is 23.6 Å². The van der Waals surface area contributed by atoms with Gasteiger partial charge in [-0.3, -0.25) is 5.32 Å². The maximum Gasteiger partial charge on any atom is 0.320 e. The van der Waals surface area contributed by atoms with Gasteiger partial charge in [0.05, 0.1) is 12.1 Å². The highest BCUT2D eigenvalue weighted by molar-refractivity contribution is 7.14. The third-order valence-corrected chi connectivity index (χ3v) is 3.76. The first-order valence-corrected chi connectivity index (χ1v) is 7.19. The number of methoxy groups -OCH3 is 1. The Morgan fingerprint density at radius 1 is 1.38 bits per heavy atom. The lowest BCUT2D eigenvalue weighted by Crippen LogP contribution is -2.27. The van der Waals surface area contributed by atoms with Crippen LogP contribution in [0.25, 0.3) is 0 Å². The quantitative estimate of drug-likeness (QED) is 0.911. The lowest BCUT2D eigenvalue weighted by Gasteiger charge is -2.11. The second kappa shape index (κ2) is 5.92. The van der Waals surface area contributed by atoms with Crippen LogP contribution in [0.15, 0.2) is 29.6 Å². The number of benzene rings is 1. The number of hydrogen-bond donors (Lipinski definition) is 2. The van der Waals surface area contributed by atoms with Crippen LogP contribution in [0.3, 0.4) is 0 Å². The summed E-state index contributed by atoms with van der Waals surface area (Å²) in [6.07, 6.45) is 0. The number of amides is 2. The van der Waals surface area contributed by atoms with Crippen LogP contribution in [0.2, 0.25) is 0 Å². The second-order valence-electron chi connectivity index (χ2n) is 4.30. The minimum Gasteiger partial charge on any atom is -0.496 e. The molecule has 2 heterocycles. The summed E-state index contributed by atoms with van der Waals surface area (Å²) in [4.78, 5) is 11.8. The number of rotatable bonds is 4. The molecule has 1 aromatic carbocycles. The molecule has 110 valence electrons. The van der Waals surface area contributed by atoms with E-state index in [-0.39, 0.29) is 12.8 Å². The van der Waals surface area contributed by atoms with E-state index in [1.165, 1.54) is 11.3 Å². The van der Waals surface area contributed by atoms with Gasteiger partial charge in [0.2, 0.25) is 6.79 Å². The minimum absolute atomic E-state index is 0.203. The van der Waals surface area contributed by atoms with E-state index >= 15 is 0 Å². The molecule has 0 unspecified atom stereocenters. The van der Waals surface area contributed by atoms with Crippen molar-refractivity contribution in [3.8, 4) is 17.2 Å². The Hall–Kier alpha value is -2.41. The van der Waals surface area contributed by atoms with Crippen molar-refractivity contribution in [2.45, 2.75) is 6.54 Å². The summed E-state index contributed by atoms with van der Waals surface area (Å²) in [6.45, 7) is 0.533. The predicted molar refractivity (Wildman–Crippen MR) is 79.3 cm³/mol. The monoisotopic (exact) mass is 306 g/mol. The Kier molecular flexibility index (Phi) is 3.83. The Bertz CT molecular complexity index is 643. The molecule has 0 bridgehead atoms. The van der Waals surface area contributed by atoms with Crippen LogP contribution >= 0.6 is 11.3 Å². The van der Waals surface area contributed by atoms with Gasteiger partial charge in [-0.1, -0.05) is 0 Å². The van der Waals surface area contributed by atoms with Gasteiger partial charge in [-0.25, -0.2) is 4.79 Å². The SMILES string of the molecule is COc1cc2c(cc1CNC(=O)Nc1cccs1)OCO2. The summed E-state index contributed by atoms with van der Waals surface area (Å²) in [6, 6.07) is 7.02. The molecule has 1 aromatic heterocycles. The summed E-state index contributed by atoms with van der Waals surface area (Å²) in [5.41, 5.74) is 0.822. The highest BCUT2D eigenvalue weighted by Crippen LogP contribution is 2.37. The maximum atomic E-state index is 11.8. The molecule has 1 aliphatic rings. The molecule has 7 heteroatoms. The highest BCUT2D eigenvalue weighted by atomic mass is 32.1. The molecule has 21 heavy (non-hydrogen) atoms. The first-order chi connectivity index (χ1) is 10.3. The molecule has 0 radical (unpaired) electrons. The van der Waals surface area contributed by atoms with Gasteiger partial charge in [-0.05, 0) is 23.6 Å². The molecule has 0 aliphatic carbocycles. The summed E-state index contributed by atoms with van der Waals surface area (Å²) in [5.74, 6) is 1.96. The first-order valence-electron chi connectivity index (χ1n) is 6.31. The van der Waals surface area contributed by atoms with Crippen LogP contribution in [0.4, 0.5) is 9.80 Å². The number of carbonyl (C=O) groups excluding carboxylic acids is 1. The van der Waals surface area contributed by atoms with Gasteiger partial charge in [0, 0.05) is 18.2 Å². The zero-order valence-corrected chi connectivity index (χ0v) is 12.2. The number of urea groups is 1. The van der Waals surface area contributed by atoms with E-state index in [2.05, 4.69) is 10.6 Å². The third-order valence-electron chi connectivity index (χ3n) is 2.97. The lowest BCUT2D eigenvalue weighted by atomic mass is 10.1. The van der Waals surface area contributed by atoms with Gasteiger partial charge in [0.25, 0.3) is 0 Å². The summed E-state index contributed by atoms with van der Waals surface area (Å²) < 4.78 is 15.9. The molecule has 0 spiro atoms. The summed E-state index contributed by atoms with van der Waals surface area (Å²) >= 11 is 1.46. The standard InChI is InChI=1S/C14H14N2O4S/c1-18-10-6-12-11(19-8-20-12)5-9(10)7-15-14(17)16-13-3-2-4-21-13/h2-6H,7-8H2,1H3,(H2,15,16,17). The number of fused-ring (bicyclic) bond motifs is 1. The Balaban J connectivity index is 1.66. The van der Waals surface area contributed by atoms with Crippen LogP contribution in [0, 0.1) is 0 Å². The molecule has 0 saturated heterocycles. The number of anilines is 1. The molecule has 2 N–H and O–H groups in total. The number of ether oxygens (including phenoxy) is 3. The van der Waals surface area contributed by atoms with Crippen LogP contribution in [0.1, 0.15) is 5.56 Å². The van der Waals surface area contributed by atoms with E-state index in [0.29, 0.717) is 23.8 Å². The normalized spacial score (nSPS) is 12.0. The van der Waals surface area contributed by atoms with E-state index in [1.54, 1.807) is 13.2 Å². The van der Waals surface area contributed by atoms with Gasteiger partial charge in [-0.2, -0.15) is 0 Å². The highest BCUT2D eigenvalue weighted by Gasteiger charge is 2.18. The fraction of sp³-hybridized carbons (Fsp3) is 0.214. The van der Waals surface area contributed by atoms with Crippen LogP contribution < -0.4 is 24.8 Å². The van der Waals surface area contributed by atoms with Crippen molar-refractivity contribution >= 4 is 22.4 Å². The van der Waals surface area contributed by atoms with E-state index in [9.17, 15) is 4.79 Å². The van der Waals surface area contributed by atoms with Crippen molar-refractivity contribution in [1.29, 1.82) is 0 Å². The summed E-state index contributed by atoms with van der Waals surface area (Å²) in [5, 5.41) is 8.23. The van der Waals surface area contributed by atoms with Crippen molar-refractivity contribution in [3.63, 3.8) is 0 Å². The molecular weight excluding hydrogens is 292 g/mol. The van der Waals surface area contributed by atoms with Gasteiger partial charge >= 0.3 is 6.03 Å². The first kappa shape index (κ1) is 13.6. The topological polar surface area (TPSA) is 68.8 Å². The van der Waals surface area contributed by atoms with Gasteiger partial charge < -0.3 is 19.5 Å². The number of nitrogens with one attached hydrogen (secondary N) is 2.